The molecular weight excluding hydrogens is 160 g/mol. The van der Waals surface area contributed by atoms with Crippen molar-refractivity contribution in [1.29, 1.82) is 0 Å². The summed E-state index contributed by atoms with van der Waals surface area (Å²) in [5.41, 5.74) is 10.3. The Morgan fingerprint density at radius 1 is 1.60 bits per heavy atom. The second-order valence-corrected chi connectivity index (χ2v) is 1.88. The molecule has 0 aliphatic heterocycles. The monoisotopic (exact) mass is 174 g/mol. The Balaban J connectivity index is 0. The molecule has 0 aliphatic rings. The van der Waals surface area contributed by atoms with Crippen LogP contribution in [-0.4, -0.2) is 61.4 Å². The van der Waals surface area contributed by atoms with Crippen molar-refractivity contribution in [3.8, 4) is 0 Å². The van der Waals surface area contributed by atoms with Crippen molar-refractivity contribution in [3.05, 3.63) is 0 Å². The number of rotatable bonds is 4. The maximum atomic E-state index is 10.0. The first-order valence-electron chi connectivity index (χ1n) is 2.87. The van der Waals surface area contributed by atoms with Gasteiger partial charge in [-0.25, -0.2) is 0 Å². The van der Waals surface area contributed by atoms with Gasteiger partial charge in [0.1, 0.15) is 6.04 Å². The standard InChI is InChI=1S/C5H12N2O2.Ca.2H/c6-3-1-2-4(7)5(8)9;;;/h4H,1-3,6-7H2,(H,8,9);;;. The first-order chi connectivity index (χ1) is 4.18. The average molecular weight is 174 g/mol. The SMILES string of the molecule is NCCCC(N)C(=O)O.[CaH2]. The van der Waals surface area contributed by atoms with E-state index in [4.69, 9.17) is 16.6 Å². The Morgan fingerprint density at radius 2 is 2.10 bits per heavy atom. The molecule has 0 bridgehead atoms. The fourth-order valence-electron chi connectivity index (χ4n) is 0.461. The number of hydrogen-bond donors (Lipinski definition) is 3. The summed E-state index contributed by atoms with van der Waals surface area (Å²) in [5, 5.41) is 8.24. The van der Waals surface area contributed by atoms with Crippen LogP contribution in [0.15, 0.2) is 0 Å². The number of carboxylic acid groups (broad SMARTS) is 1. The van der Waals surface area contributed by atoms with Crippen molar-refractivity contribution in [2.75, 3.05) is 6.54 Å². The summed E-state index contributed by atoms with van der Waals surface area (Å²) in [6, 6.07) is -0.742. The van der Waals surface area contributed by atoms with Crippen molar-refractivity contribution >= 4 is 43.7 Å². The number of aliphatic carboxylic acids is 1. The van der Waals surface area contributed by atoms with Gasteiger partial charge >= 0.3 is 43.7 Å². The number of carboxylic acids is 1. The normalized spacial score (nSPS) is 11.8. The summed E-state index contributed by atoms with van der Waals surface area (Å²) >= 11 is 0. The Morgan fingerprint density at radius 3 is 2.40 bits per heavy atom. The van der Waals surface area contributed by atoms with Crippen molar-refractivity contribution < 1.29 is 9.90 Å². The fourth-order valence-corrected chi connectivity index (χ4v) is 0.461. The summed E-state index contributed by atoms with van der Waals surface area (Å²) in [7, 11) is 0. The molecule has 0 fully saturated rings. The van der Waals surface area contributed by atoms with Crippen LogP contribution in [0.3, 0.4) is 0 Å². The van der Waals surface area contributed by atoms with Crippen LogP contribution in [0.2, 0.25) is 0 Å². The summed E-state index contributed by atoms with van der Waals surface area (Å²) < 4.78 is 0. The zero-order chi connectivity index (χ0) is 7.28. The van der Waals surface area contributed by atoms with Crippen LogP contribution in [0.1, 0.15) is 12.8 Å². The van der Waals surface area contributed by atoms with Gasteiger partial charge in [0.25, 0.3) is 0 Å². The summed E-state index contributed by atoms with van der Waals surface area (Å²) in [5.74, 6) is -0.955. The summed E-state index contributed by atoms with van der Waals surface area (Å²) in [6.45, 7) is 0.501. The second kappa shape index (κ2) is 7.75. The van der Waals surface area contributed by atoms with E-state index in [0.29, 0.717) is 19.4 Å². The molecule has 0 heterocycles. The van der Waals surface area contributed by atoms with Gasteiger partial charge in [0.05, 0.1) is 0 Å². The van der Waals surface area contributed by atoms with Gasteiger partial charge in [0.2, 0.25) is 0 Å². The molecule has 0 spiro atoms. The summed E-state index contributed by atoms with van der Waals surface area (Å²) in [6.07, 6.45) is 1.14. The molecule has 0 saturated carbocycles. The van der Waals surface area contributed by atoms with Crippen LogP contribution in [0.4, 0.5) is 0 Å². The predicted molar refractivity (Wildman–Crippen MR) is 42.4 cm³/mol. The van der Waals surface area contributed by atoms with Gasteiger partial charge in [-0.05, 0) is 19.4 Å². The van der Waals surface area contributed by atoms with Crippen LogP contribution in [-0.2, 0) is 4.79 Å². The van der Waals surface area contributed by atoms with E-state index in [9.17, 15) is 4.79 Å². The van der Waals surface area contributed by atoms with Gasteiger partial charge in [-0.1, -0.05) is 0 Å². The third-order valence-corrected chi connectivity index (χ3v) is 1.04. The van der Waals surface area contributed by atoms with Crippen molar-refractivity contribution in [2.24, 2.45) is 11.5 Å². The van der Waals surface area contributed by atoms with Crippen molar-refractivity contribution in [3.63, 3.8) is 0 Å². The fraction of sp³-hybridized carbons (Fsp3) is 0.800. The van der Waals surface area contributed by atoms with Crippen LogP contribution >= 0.6 is 0 Å². The second-order valence-electron chi connectivity index (χ2n) is 1.88. The molecule has 0 aliphatic carbocycles. The van der Waals surface area contributed by atoms with Gasteiger partial charge in [-0.15, -0.1) is 0 Å². The molecule has 0 saturated heterocycles. The Hall–Kier alpha value is 0.650. The molecule has 0 radical (unpaired) electrons. The predicted octanol–water partition coefficient (Wildman–Crippen LogP) is -1.78. The molecular formula is C5H14CaN2O2. The van der Waals surface area contributed by atoms with Gasteiger partial charge < -0.3 is 16.6 Å². The minimum absolute atomic E-state index is 0. The Bertz CT molecular complexity index is 99.6. The molecule has 5 N–H and O–H groups in total. The molecule has 58 valence electrons. The van der Waals surface area contributed by atoms with E-state index in [2.05, 4.69) is 0 Å². The first-order valence-corrected chi connectivity index (χ1v) is 2.87. The molecule has 5 heteroatoms. The zero-order valence-electron chi connectivity index (χ0n) is 5.21. The first kappa shape index (κ1) is 13.3. The quantitative estimate of drug-likeness (QED) is 0.440. The number of nitrogens with two attached hydrogens (primary N) is 2. The van der Waals surface area contributed by atoms with Crippen LogP contribution in [0.5, 0.6) is 0 Å². The molecule has 1 unspecified atom stereocenters. The van der Waals surface area contributed by atoms with Crippen molar-refractivity contribution in [1.82, 2.24) is 0 Å². The van der Waals surface area contributed by atoms with Gasteiger partial charge in [0, 0.05) is 0 Å². The van der Waals surface area contributed by atoms with Gasteiger partial charge in [0.15, 0.2) is 0 Å². The molecule has 0 amide bonds. The topological polar surface area (TPSA) is 89.3 Å². The summed E-state index contributed by atoms with van der Waals surface area (Å²) in [4.78, 5) is 10.0. The molecule has 0 aromatic carbocycles. The van der Waals surface area contributed by atoms with E-state index >= 15 is 0 Å². The molecule has 1 atom stereocenters. The Labute approximate surface area is 90.0 Å². The zero-order valence-corrected chi connectivity index (χ0v) is 5.21. The molecule has 10 heavy (non-hydrogen) atoms. The van der Waals surface area contributed by atoms with E-state index in [1.165, 1.54) is 0 Å². The van der Waals surface area contributed by atoms with E-state index in [1.807, 2.05) is 0 Å². The average Bonchev–Trinajstić information content (AvgIpc) is 1.82. The molecule has 0 aromatic rings. The number of hydrogen-bond acceptors (Lipinski definition) is 3. The van der Waals surface area contributed by atoms with Gasteiger partial charge in [-0.3, -0.25) is 4.79 Å². The van der Waals surface area contributed by atoms with E-state index < -0.39 is 12.0 Å². The molecule has 0 aromatic heterocycles. The van der Waals surface area contributed by atoms with E-state index in [0.717, 1.165) is 0 Å². The van der Waals surface area contributed by atoms with E-state index in [-0.39, 0.29) is 37.7 Å². The molecule has 4 nitrogen and oxygen atoms in total. The molecule has 0 rings (SSSR count). The Kier molecular flexibility index (Phi) is 10.3. The van der Waals surface area contributed by atoms with Crippen LogP contribution < -0.4 is 11.5 Å². The third-order valence-electron chi connectivity index (χ3n) is 1.04. The van der Waals surface area contributed by atoms with Crippen molar-refractivity contribution in [2.45, 2.75) is 18.9 Å². The number of carbonyl (C=O) groups is 1. The maximum absolute atomic E-state index is 10.0. The van der Waals surface area contributed by atoms with Crippen LogP contribution in [0.25, 0.3) is 0 Å². The van der Waals surface area contributed by atoms with E-state index in [1.54, 1.807) is 0 Å². The minimum atomic E-state index is -0.955. The third kappa shape index (κ3) is 6.77. The van der Waals surface area contributed by atoms with Gasteiger partial charge in [-0.2, -0.15) is 0 Å². The van der Waals surface area contributed by atoms with Crippen LogP contribution in [0, 0.1) is 0 Å².